The Hall–Kier alpha value is -1.82. The van der Waals surface area contributed by atoms with Crippen LogP contribution in [0.2, 0.25) is 0 Å². The highest BCUT2D eigenvalue weighted by atomic mass is 16.7. The third-order valence-electron chi connectivity index (χ3n) is 2.27. The summed E-state index contributed by atoms with van der Waals surface area (Å²) in [5.41, 5.74) is -1.95. The van der Waals surface area contributed by atoms with Crippen LogP contribution in [0, 0.1) is 10.1 Å². The lowest BCUT2D eigenvalue weighted by Crippen LogP contribution is -2.31. The van der Waals surface area contributed by atoms with Gasteiger partial charge in [0.05, 0.1) is 10.5 Å². The van der Waals surface area contributed by atoms with E-state index in [0.717, 1.165) is 6.92 Å². The van der Waals surface area contributed by atoms with Gasteiger partial charge in [-0.2, -0.15) is 0 Å². The molecule has 0 saturated carbocycles. The van der Waals surface area contributed by atoms with Crippen LogP contribution in [-0.2, 0) is 5.72 Å². The molecular weight excluding hydrogens is 202 g/mol. The third-order valence-corrected chi connectivity index (χ3v) is 2.27. The van der Waals surface area contributed by atoms with Gasteiger partial charge in [0.15, 0.2) is 11.5 Å². The van der Waals surface area contributed by atoms with E-state index in [2.05, 4.69) is 0 Å². The highest BCUT2D eigenvalue weighted by molar-refractivity contribution is 5.45. The molecule has 80 valence electrons. The maximum absolute atomic E-state index is 10.6. The summed E-state index contributed by atoms with van der Waals surface area (Å²) in [6.45, 7) is 1.21. The van der Waals surface area contributed by atoms with Gasteiger partial charge in [0.25, 0.3) is 0 Å². The van der Waals surface area contributed by atoms with Crippen molar-refractivity contribution >= 4 is 0 Å². The first kappa shape index (κ1) is 9.72. The van der Waals surface area contributed by atoms with E-state index in [4.69, 9.17) is 9.47 Å². The van der Waals surface area contributed by atoms with Crippen LogP contribution in [0.25, 0.3) is 0 Å². The standard InChI is InChI=1S/C9H9NO5/c1-9(11,10(12)13)6-2-3-7-8(4-6)15-5-14-7/h2-4,11H,5H2,1H3. The third kappa shape index (κ3) is 1.48. The average Bonchev–Trinajstić information content (AvgIpc) is 2.63. The minimum Gasteiger partial charge on any atom is -0.454 e. The van der Waals surface area contributed by atoms with Gasteiger partial charge in [-0.15, -0.1) is 0 Å². The van der Waals surface area contributed by atoms with Crippen molar-refractivity contribution in [3.63, 3.8) is 0 Å². The molecule has 0 aliphatic carbocycles. The summed E-state index contributed by atoms with van der Waals surface area (Å²) in [7, 11) is 0. The van der Waals surface area contributed by atoms with Crippen LogP contribution in [0.3, 0.4) is 0 Å². The number of nitro groups is 1. The van der Waals surface area contributed by atoms with Crippen LogP contribution in [0.1, 0.15) is 12.5 Å². The Balaban J connectivity index is 2.42. The molecule has 1 N–H and O–H groups in total. The van der Waals surface area contributed by atoms with Gasteiger partial charge < -0.3 is 14.6 Å². The second-order valence-corrected chi connectivity index (χ2v) is 3.35. The molecule has 0 spiro atoms. The Morgan fingerprint density at radius 1 is 1.47 bits per heavy atom. The molecule has 6 nitrogen and oxygen atoms in total. The number of ether oxygens (including phenoxy) is 2. The number of hydrogen-bond donors (Lipinski definition) is 1. The fraction of sp³-hybridized carbons (Fsp3) is 0.333. The van der Waals surface area contributed by atoms with E-state index < -0.39 is 10.6 Å². The molecule has 1 aliphatic heterocycles. The van der Waals surface area contributed by atoms with Crippen LogP contribution in [0.4, 0.5) is 0 Å². The first-order chi connectivity index (χ1) is 7.01. The van der Waals surface area contributed by atoms with Crippen molar-refractivity contribution in [2.75, 3.05) is 6.79 Å². The van der Waals surface area contributed by atoms with E-state index in [1.165, 1.54) is 18.2 Å². The largest absolute Gasteiger partial charge is 0.454 e. The molecule has 6 heteroatoms. The number of aliphatic hydroxyl groups is 1. The van der Waals surface area contributed by atoms with Crippen molar-refractivity contribution in [1.82, 2.24) is 0 Å². The topological polar surface area (TPSA) is 81.8 Å². The van der Waals surface area contributed by atoms with E-state index in [1.807, 2.05) is 0 Å². The Morgan fingerprint density at radius 2 is 2.13 bits per heavy atom. The van der Waals surface area contributed by atoms with Crippen molar-refractivity contribution in [3.8, 4) is 11.5 Å². The summed E-state index contributed by atoms with van der Waals surface area (Å²) in [4.78, 5) is 9.85. The molecule has 0 amide bonds. The lowest BCUT2D eigenvalue weighted by molar-refractivity contribution is -0.630. The predicted molar refractivity (Wildman–Crippen MR) is 49.1 cm³/mol. The average molecular weight is 211 g/mol. The Bertz CT molecular complexity index is 415. The number of hydrogen-bond acceptors (Lipinski definition) is 5. The van der Waals surface area contributed by atoms with Crippen LogP contribution in [-0.4, -0.2) is 16.8 Å². The van der Waals surface area contributed by atoms with Crippen molar-refractivity contribution in [2.24, 2.45) is 0 Å². The smallest absolute Gasteiger partial charge is 0.346 e. The summed E-state index contributed by atoms with van der Waals surface area (Å²) in [6.07, 6.45) is 0. The summed E-state index contributed by atoms with van der Waals surface area (Å²) in [5, 5.41) is 20.2. The molecule has 1 aliphatic rings. The second-order valence-electron chi connectivity index (χ2n) is 3.35. The van der Waals surface area contributed by atoms with Crippen molar-refractivity contribution in [1.29, 1.82) is 0 Å². The van der Waals surface area contributed by atoms with Gasteiger partial charge in [0.2, 0.25) is 6.79 Å². The van der Waals surface area contributed by atoms with Crippen molar-refractivity contribution < 1.29 is 19.5 Å². The first-order valence-corrected chi connectivity index (χ1v) is 4.29. The predicted octanol–water partition coefficient (Wildman–Crippen LogP) is 0.857. The molecular formula is C9H9NO5. The molecule has 0 aromatic heterocycles. The molecule has 1 aromatic rings. The molecule has 1 aromatic carbocycles. The summed E-state index contributed by atoms with van der Waals surface area (Å²) < 4.78 is 10.1. The lowest BCUT2D eigenvalue weighted by atomic mass is 10.1. The van der Waals surface area contributed by atoms with Gasteiger partial charge in [-0.25, -0.2) is 0 Å². The normalized spacial score (nSPS) is 17.2. The zero-order chi connectivity index (χ0) is 11.1. The van der Waals surface area contributed by atoms with Crippen molar-refractivity contribution in [3.05, 3.63) is 33.9 Å². The minimum atomic E-state index is -2.11. The van der Waals surface area contributed by atoms with Gasteiger partial charge in [-0.3, -0.25) is 10.1 Å². The van der Waals surface area contributed by atoms with E-state index in [-0.39, 0.29) is 12.4 Å². The summed E-state index contributed by atoms with van der Waals surface area (Å²) in [6, 6.07) is 4.39. The number of rotatable bonds is 2. The Kier molecular flexibility index (Phi) is 2.01. The lowest BCUT2D eigenvalue weighted by Gasteiger charge is -2.14. The highest BCUT2D eigenvalue weighted by Crippen LogP contribution is 2.35. The molecule has 1 unspecified atom stereocenters. The quantitative estimate of drug-likeness (QED) is 0.445. The van der Waals surface area contributed by atoms with Crippen molar-refractivity contribution in [2.45, 2.75) is 12.6 Å². The molecule has 1 atom stereocenters. The maximum atomic E-state index is 10.6. The van der Waals surface area contributed by atoms with Crippen LogP contribution >= 0.6 is 0 Å². The van der Waals surface area contributed by atoms with Crippen LogP contribution in [0.5, 0.6) is 11.5 Å². The van der Waals surface area contributed by atoms with Crippen LogP contribution in [0.15, 0.2) is 18.2 Å². The van der Waals surface area contributed by atoms with E-state index in [0.29, 0.717) is 11.5 Å². The molecule has 2 rings (SSSR count). The van der Waals surface area contributed by atoms with Gasteiger partial charge in [-0.05, 0) is 18.2 Å². The van der Waals surface area contributed by atoms with Gasteiger partial charge in [0.1, 0.15) is 0 Å². The molecule has 0 saturated heterocycles. The molecule has 0 radical (unpaired) electrons. The molecule has 1 heterocycles. The van der Waals surface area contributed by atoms with Gasteiger partial charge in [0, 0.05) is 6.92 Å². The number of benzene rings is 1. The Labute approximate surface area is 85.2 Å². The zero-order valence-corrected chi connectivity index (χ0v) is 7.97. The maximum Gasteiger partial charge on any atom is 0.346 e. The monoisotopic (exact) mass is 211 g/mol. The number of nitrogens with zero attached hydrogens (tertiary/aromatic N) is 1. The van der Waals surface area contributed by atoms with Crippen LogP contribution < -0.4 is 9.47 Å². The van der Waals surface area contributed by atoms with E-state index in [9.17, 15) is 15.2 Å². The minimum absolute atomic E-state index is 0.0966. The second kappa shape index (κ2) is 3.09. The zero-order valence-electron chi connectivity index (χ0n) is 7.97. The molecule has 15 heavy (non-hydrogen) atoms. The van der Waals surface area contributed by atoms with Gasteiger partial charge in [-0.1, -0.05) is 0 Å². The summed E-state index contributed by atoms with van der Waals surface area (Å²) >= 11 is 0. The highest BCUT2D eigenvalue weighted by Gasteiger charge is 2.37. The van der Waals surface area contributed by atoms with E-state index >= 15 is 0 Å². The SMILES string of the molecule is CC(O)(c1ccc2c(c1)OCO2)[N+](=O)[O-]. The fourth-order valence-corrected chi connectivity index (χ4v) is 1.30. The summed E-state index contributed by atoms with van der Waals surface area (Å²) in [5.74, 6) is 0.938. The Morgan fingerprint density at radius 3 is 2.80 bits per heavy atom. The molecule has 0 bridgehead atoms. The molecule has 0 fully saturated rings. The fourth-order valence-electron chi connectivity index (χ4n) is 1.30. The first-order valence-electron chi connectivity index (χ1n) is 4.29. The number of fused-ring (bicyclic) bond motifs is 1. The van der Waals surface area contributed by atoms with E-state index in [1.54, 1.807) is 0 Å². The van der Waals surface area contributed by atoms with Gasteiger partial charge >= 0.3 is 5.72 Å².